The topological polar surface area (TPSA) is 54.9 Å². The normalized spacial score (nSPS) is 10.6. The average molecular weight is 342 g/mol. The van der Waals surface area contributed by atoms with Crippen LogP contribution in [0.3, 0.4) is 0 Å². The number of carbonyl (C=O) groups excluding carboxylic acids is 1. The Bertz CT molecular complexity index is 972. The fourth-order valence-corrected chi connectivity index (χ4v) is 2.49. The van der Waals surface area contributed by atoms with Gasteiger partial charge in [-0.15, -0.1) is 0 Å². The van der Waals surface area contributed by atoms with E-state index in [1.165, 1.54) is 18.5 Å². The number of hydrogen-bond donors (Lipinski definition) is 1. The predicted octanol–water partition coefficient (Wildman–Crippen LogP) is 4.92. The van der Waals surface area contributed by atoms with Crippen LogP contribution in [0.25, 0.3) is 10.9 Å². The summed E-state index contributed by atoms with van der Waals surface area (Å²) >= 11 is 5.80. The minimum Gasteiger partial charge on any atom is -0.340 e. The molecule has 4 nitrogen and oxygen atoms in total. The summed E-state index contributed by atoms with van der Waals surface area (Å²) in [4.78, 5) is 20.7. The summed E-state index contributed by atoms with van der Waals surface area (Å²) in [5.74, 6) is -0.168. The standard InChI is InChI=1S/C18H13ClFN3O/c1-10(2)17(24)12-4-3-5-13-16(12)21-9-22-18(13)23-11-6-7-15(20)14(19)8-11/h3-9H,1H2,2H3,(H,21,22,23). The first kappa shape index (κ1) is 16.1. The molecule has 0 aliphatic heterocycles. The first-order valence-corrected chi connectivity index (χ1v) is 7.51. The van der Waals surface area contributed by atoms with E-state index in [0.29, 0.717) is 33.5 Å². The van der Waals surface area contributed by atoms with Crippen molar-refractivity contribution in [1.29, 1.82) is 0 Å². The first-order chi connectivity index (χ1) is 11.5. The van der Waals surface area contributed by atoms with Crippen molar-refractivity contribution in [1.82, 2.24) is 9.97 Å². The Hall–Kier alpha value is -2.79. The Balaban J connectivity index is 2.09. The van der Waals surface area contributed by atoms with Gasteiger partial charge in [-0.3, -0.25) is 4.79 Å². The molecule has 0 amide bonds. The van der Waals surface area contributed by atoms with Gasteiger partial charge in [0.2, 0.25) is 0 Å². The van der Waals surface area contributed by atoms with E-state index >= 15 is 0 Å². The summed E-state index contributed by atoms with van der Waals surface area (Å²) in [6.45, 7) is 5.34. The molecule has 0 aliphatic carbocycles. The van der Waals surface area contributed by atoms with Crippen molar-refractivity contribution in [2.75, 3.05) is 5.32 Å². The summed E-state index contributed by atoms with van der Waals surface area (Å²) < 4.78 is 13.3. The fourth-order valence-electron chi connectivity index (χ4n) is 2.31. The highest BCUT2D eigenvalue weighted by atomic mass is 35.5. The lowest BCUT2D eigenvalue weighted by Crippen LogP contribution is -2.03. The largest absolute Gasteiger partial charge is 0.340 e. The Morgan fingerprint density at radius 1 is 1.25 bits per heavy atom. The second-order valence-electron chi connectivity index (χ2n) is 5.29. The number of nitrogens with one attached hydrogen (secondary N) is 1. The number of Topliss-reactive ketones (excluding diaryl/α,β-unsaturated/α-hetero) is 1. The highest BCUT2D eigenvalue weighted by Crippen LogP contribution is 2.27. The maximum absolute atomic E-state index is 13.3. The van der Waals surface area contributed by atoms with Crippen LogP contribution in [0, 0.1) is 5.82 Å². The number of rotatable bonds is 4. The number of nitrogens with zero attached hydrogens (tertiary/aromatic N) is 2. The van der Waals surface area contributed by atoms with Gasteiger partial charge in [-0.1, -0.05) is 24.2 Å². The van der Waals surface area contributed by atoms with Crippen molar-refractivity contribution >= 4 is 39.8 Å². The van der Waals surface area contributed by atoms with Gasteiger partial charge in [0.05, 0.1) is 10.5 Å². The van der Waals surface area contributed by atoms with Crippen molar-refractivity contribution in [3.8, 4) is 0 Å². The van der Waals surface area contributed by atoms with Crippen LogP contribution >= 0.6 is 11.6 Å². The van der Waals surface area contributed by atoms with Crippen LogP contribution in [0.2, 0.25) is 5.02 Å². The van der Waals surface area contributed by atoms with Crippen LogP contribution in [0.15, 0.2) is 54.9 Å². The molecule has 3 rings (SSSR count). The van der Waals surface area contributed by atoms with Crippen molar-refractivity contribution < 1.29 is 9.18 Å². The molecule has 24 heavy (non-hydrogen) atoms. The molecule has 0 atom stereocenters. The quantitative estimate of drug-likeness (QED) is 0.540. The Labute approximate surface area is 143 Å². The number of aromatic nitrogens is 2. The number of ketones is 1. The zero-order valence-electron chi connectivity index (χ0n) is 12.8. The zero-order valence-corrected chi connectivity index (χ0v) is 13.6. The number of carbonyl (C=O) groups is 1. The van der Waals surface area contributed by atoms with Gasteiger partial charge in [0.25, 0.3) is 0 Å². The predicted molar refractivity (Wildman–Crippen MR) is 93.4 cm³/mol. The van der Waals surface area contributed by atoms with Crippen molar-refractivity contribution in [3.63, 3.8) is 0 Å². The number of para-hydroxylation sites is 1. The highest BCUT2D eigenvalue weighted by Gasteiger charge is 2.14. The lowest BCUT2D eigenvalue weighted by molar-refractivity contribution is 0.103. The van der Waals surface area contributed by atoms with Gasteiger partial charge in [-0.05, 0) is 42.8 Å². The minimum absolute atomic E-state index is 0.0107. The SMILES string of the molecule is C=C(C)C(=O)c1cccc2c(Nc3ccc(F)c(Cl)c3)ncnc12. The molecule has 0 radical (unpaired) electrons. The molecule has 0 fully saturated rings. The summed E-state index contributed by atoms with van der Waals surface area (Å²) in [5, 5.41) is 3.76. The molecule has 0 saturated carbocycles. The Kier molecular flexibility index (Phi) is 4.27. The molecule has 1 heterocycles. The van der Waals surface area contributed by atoms with E-state index in [9.17, 15) is 9.18 Å². The molecule has 0 aliphatic rings. The molecule has 3 aromatic rings. The number of benzene rings is 2. The Morgan fingerprint density at radius 2 is 2.04 bits per heavy atom. The fraction of sp³-hybridized carbons (Fsp3) is 0.0556. The second kappa shape index (κ2) is 6.37. The average Bonchev–Trinajstić information content (AvgIpc) is 2.57. The molecule has 1 N–H and O–H groups in total. The van der Waals surface area contributed by atoms with Gasteiger partial charge >= 0.3 is 0 Å². The van der Waals surface area contributed by atoms with Crippen LogP contribution in [-0.4, -0.2) is 15.8 Å². The van der Waals surface area contributed by atoms with E-state index in [2.05, 4.69) is 21.9 Å². The number of allylic oxidation sites excluding steroid dienone is 1. The van der Waals surface area contributed by atoms with Crippen LogP contribution in [0.4, 0.5) is 15.9 Å². The number of halogens is 2. The molecule has 6 heteroatoms. The lowest BCUT2D eigenvalue weighted by atomic mass is 10.0. The second-order valence-corrected chi connectivity index (χ2v) is 5.69. The van der Waals surface area contributed by atoms with Crippen LogP contribution in [0.1, 0.15) is 17.3 Å². The summed E-state index contributed by atoms with van der Waals surface area (Å²) in [5.41, 5.74) is 2.00. The van der Waals surface area contributed by atoms with E-state index in [1.807, 2.05) is 0 Å². The maximum Gasteiger partial charge on any atom is 0.190 e. The molecule has 120 valence electrons. The lowest BCUT2D eigenvalue weighted by Gasteiger charge is -2.10. The summed E-state index contributed by atoms with van der Waals surface area (Å²) in [7, 11) is 0. The third kappa shape index (κ3) is 2.98. The van der Waals surface area contributed by atoms with Crippen molar-refractivity contribution in [2.45, 2.75) is 6.92 Å². The third-order valence-electron chi connectivity index (χ3n) is 3.48. The van der Waals surface area contributed by atoms with Crippen LogP contribution < -0.4 is 5.32 Å². The molecule has 0 bridgehead atoms. The van der Waals surface area contributed by atoms with E-state index in [-0.39, 0.29) is 10.8 Å². The minimum atomic E-state index is -0.496. The molecule has 0 spiro atoms. The highest BCUT2D eigenvalue weighted by molar-refractivity contribution is 6.31. The van der Waals surface area contributed by atoms with Gasteiger partial charge in [0, 0.05) is 16.6 Å². The monoisotopic (exact) mass is 341 g/mol. The molecule has 0 unspecified atom stereocenters. The number of hydrogen-bond acceptors (Lipinski definition) is 4. The zero-order chi connectivity index (χ0) is 17.3. The van der Waals surface area contributed by atoms with Gasteiger partial charge in [-0.25, -0.2) is 14.4 Å². The Morgan fingerprint density at radius 3 is 2.75 bits per heavy atom. The van der Waals surface area contributed by atoms with Crippen LogP contribution in [0.5, 0.6) is 0 Å². The smallest absolute Gasteiger partial charge is 0.190 e. The first-order valence-electron chi connectivity index (χ1n) is 7.13. The molecular formula is C18H13ClFN3O. The summed E-state index contributed by atoms with van der Waals surface area (Å²) in [6, 6.07) is 9.55. The van der Waals surface area contributed by atoms with E-state index in [0.717, 1.165) is 0 Å². The van der Waals surface area contributed by atoms with E-state index < -0.39 is 5.82 Å². The van der Waals surface area contributed by atoms with Crippen LogP contribution in [-0.2, 0) is 0 Å². The molecular weight excluding hydrogens is 329 g/mol. The van der Waals surface area contributed by atoms with E-state index in [1.54, 1.807) is 31.2 Å². The maximum atomic E-state index is 13.3. The number of anilines is 2. The third-order valence-corrected chi connectivity index (χ3v) is 3.77. The molecule has 0 saturated heterocycles. The van der Waals surface area contributed by atoms with Gasteiger partial charge in [-0.2, -0.15) is 0 Å². The van der Waals surface area contributed by atoms with Gasteiger partial charge in [0.1, 0.15) is 18.0 Å². The van der Waals surface area contributed by atoms with E-state index in [4.69, 9.17) is 11.6 Å². The molecule has 1 aromatic heterocycles. The molecule has 2 aromatic carbocycles. The summed E-state index contributed by atoms with van der Waals surface area (Å²) in [6.07, 6.45) is 1.37. The van der Waals surface area contributed by atoms with Crippen molar-refractivity contribution in [2.24, 2.45) is 0 Å². The van der Waals surface area contributed by atoms with Gasteiger partial charge in [0.15, 0.2) is 5.78 Å². The van der Waals surface area contributed by atoms with Gasteiger partial charge < -0.3 is 5.32 Å². The van der Waals surface area contributed by atoms with Crippen molar-refractivity contribution in [3.05, 3.63) is 71.3 Å². The number of fused-ring (bicyclic) bond motifs is 1.